The largest absolute Gasteiger partial charge is 0.495 e. The van der Waals surface area contributed by atoms with Gasteiger partial charge >= 0.3 is 0 Å². The number of aryl methyl sites for hydroxylation is 3. The van der Waals surface area contributed by atoms with Crippen LogP contribution in [-0.4, -0.2) is 28.0 Å². The maximum atomic E-state index is 13.5. The van der Waals surface area contributed by atoms with Gasteiger partial charge in [-0.25, -0.2) is 8.42 Å². The summed E-state index contributed by atoms with van der Waals surface area (Å²) in [6.45, 7) is 5.44. The van der Waals surface area contributed by atoms with Crippen molar-refractivity contribution in [2.45, 2.75) is 32.1 Å². The van der Waals surface area contributed by atoms with Gasteiger partial charge in [0.2, 0.25) is 5.91 Å². The lowest BCUT2D eigenvalue weighted by molar-refractivity contribution is -0.114. The van der Waals surface area contributed by atoms with E-state index in [0.29, 0.717) is 17.1 Å². The van der Waals surface area contributed by atoms with Crippen LogP contribution in [0.1, 0.15) is 23.6 Å². The third-order valence-electron chi connectivity index (χ3n) is 5.16. The Balaban J connectivity index is 1.96. The van der Waals surface area contributed by atoms with E-state index < -0.39 is 15.9 Å². The van der Waals surface area contributed by atoms with E-state index in [-0.39, 0.29) is 11.4 Å². The molecule has 7 heteroatoms. The lowest BCUT2D eigenvalue weighted by Gasteiger charge is -2.24. The lowest BCUT2D eigenvalue weighted by atomic mass is 10.1. The molecule has 1 amide bonds. The molecule has 0 fully saturated rings. The number of nitrogens with zero attached hydrogens (tertiary/aromatic N) is 1. The number of hydrogen-bond donors (Lipinski definition) is 1. The maximum Gasteiger partial charge on any atom is 0.264 e. The van der Waals surface area contributed by atoms with Gasteiger partial charge in [-0.3, -0.25) is 9.10 Å². The van der Waals surface area contributed by atoms with Crippen molar-refractivity contribution in [2.75, 3.05) is 23.3 Å². The predicted molar refractivity (Wildman–Crippen MR) is 128 cm³/mol. The number of benzene rings is 3. The Labute approximate surface area is 189 Å². The highest BCUT2D eigenvalue weighted by molar-refractivity contribution is 7.92. The van der Waals surface area contributed by atoms with E-state index in [4.69, 9.17) is 4.74 Å². The molecule has 1 N–H and O–H groups in total. The van der Waals surface area contributed by atoms with Gasteiger partial charge in [0, 0.05) is 0 Å². The number of carbonyl (C=O) groups excluding carboxylic acids is 1. The Hall–Kier alpha value is -3.32. The predicted octanol–water partition coefficient (Wildman–Crippen LogP) is 4.71. The van der Waals surface area contributed by atoms with E-state index in [1.54, 1.807) is 48.5 Å². The highest BCUT2D eigenvalue weighted by Crippen LogP contribution is 2.27. The van der Waals surface area contributed by atoms with Gasteiger partial charge in [0.05, 0.1) is 23.4 Å². The van der Waals surface area contributed by atoms with Gasteiger partial charge in [0.25, 0.3) is 10.0 Å². The van der Waals surface area contributed by atoms with E-state index in [0.717, 1.165) is 27.4 Å². The van der Waals surface area contributed by atoms with Crippen molar-refractivity contribution in [1.82, 2.24) is 0 Å². The van der Waals surface area contributed by atoms with Crippen LogP contribution < -0.4 is 14.4 Å². The molecule has 0 unspecified atom stereocenters. The zero-order chi connectivity index (χ0) is 23.3. The van der Waals surface area contributed by atoms with Crippen molar-refractivity contribution in [2.24, 2.45) is 0 Å². The molecule has 0 aliphatic rings. The minimum absolute atomic E-state index is 0.128. The molecule has 3 aromatic carbocycles. The number of nitrogens with one attached hydrogen (secondary N) is 1. The zero-order valence-corrected chi connectivity index (χ0v) is 19.6. The van der Waals surface area contributed by atoms with Gasteiger partial charge in [0.15, 0.2) is 0 Å². The fourth-order valence-electron chi connectivity index (χ4n) is 3.29. The highest BCUT2D eigenvalue weighted by atomic mass is 32.2. The van der Waals surface area contributed by atoms with Crippen LogP contribution in [-0.2, 0) is 21.2 Å². The van der Waals surface area contributed by atoms with Crippen LogP contribution in [0.4, 0.5) is 11.4 Å². The standard InChI is InChI=1S/C25H28N2O4S/c1-5-20-9-11-21(12-10-20)27(32(29,30)22-13-6-18(2)7-14-22)17-25(28)26-23-16-19(3)8-15-24(23)31-4/h6-16H,5,17H2,1-4H3,(H,26,28). The first-order valence-corrected chi connectivity index (χ1v) is 11.8. The number of rotatable bonds is 8. The Bertz CT molecular complexity index is 1190. The summed E-state index contributed by atoms with van der Waals surface area (Å²) in [7, 11) is -2.44. The number of methoxy groups -OCH3 is 1. The first kappa shape index (κ1) is 23.3. The molecular formula is C25H28N2O4S. The van der Waals surface area contributed by atoms with Crippen molar-refractivity contribution < 1.29 is 17.9 Å². The summed E-state index contributed by atoms with van der Waals surface area (Å²) < 4.78 is 33.4. The molecule has 3 aromatic rings. The van der Waals surface area contributed by atoms with Gasteiger partial charge in [-0.1, -0.05) is 42.8 Å². The number of sulfonamides is 1. The molecule has 0 bridgehead atoms. The molecule has 6 nitrogen and oxygen atoms in total. The van der Waals surface area contributed by atoms with Crippen LogP contribution in [0.2, 0.25) is 0 Å². The van der Waals surface area contributed by atoms with E-state index >= 15 is 0 Å². The van der Waals surface area contributed by atoms with Crippen LogP contribution in [0.25, 0.3) is 0 Å². The summed E-state index contributed by atoms with van der Waals surface area (Å²) in [6.07, 6.45) is 0.832. The molecule has 168 valence electrons. The van der Waals surface area contributed by atoms with Crippen LogP contribution in [0.15, 0.2) is 71.6 Å². The summed E-state index contributed by atoms with van der Waals surface area (Å²) in [6, 6.07) is 19.2. The van der Waals surface area contributed by atoms with Crippen molar-refractivity contribution in [3.05, 3.63) is 83.4 Å². The van der Waals surface area contributed by atoms with Crippen molar-refractivity contribution >= 4 is 27.3 Å². The zero-order valence-electron chi connectivity index (χ0n) is 18.8. The first-order chi connectivity index (χ1) is 15.2. The minimum Gasteiger partial charge on any atom is -0.495 e. The minimum atomic E-state index is -3.96. The molecule has 0 aliphatic carbocycles. The molecule has 0 saturated carbocycles. The average molecular weight is 453 g/mol. The normalized spacial score (nSPS) is 11.1. The molecule has 0 atom stereocenters. The van der Waals surface area contributed by atoms with Gasteiger partial charge in [-0.15, -0.1) is 0 Å². The smallest absolute Gasteiger partial charge is 0.264 e. The second-order valence-electron chi connectivity index (χ2n) is 7.60. The molecule has 0 saturated heterocycles. The van der Waals surface area contributed by atoms with Gasteiger partial charge in [-0.05, 0) is 67.8 Å². The molecule has 0 radical (unpaired) electrons. The van der Waals surface area contributed by atoms with Crippen molar-refractivity contribution in [1.29, 1.82) is 0 Å². The Morgan fingerprint density at radius 2 is 1.56 bits per heavy atom. The fraction of sp³-hybridized carbons (Fsp3) is 0.240. The van der Waals surface area contributed by atoms with E-state index in [1.807, 2.05) is 39.0 Å². The van der Waals surface area contributed by atoms with Crippen LogP contribution >= 0.6 is 0 Å². The average Bonchev–Trinajstić information content (AvgIpc) is 2.78. The Morgan fingerprint density at radius 1 is 0.938 bits per heavy atom. The van der Waals surface area contributed by atoms with Crippen molar-refractivity contribution in [3.8, 4) is 5.75 Å². The molecule has 0 spiro atoms. The third-order valence-corrected chi connectivity index (χ3v) is 6.95. The van der Waals surface area contributed by atoms with E-state index in [2.05, 4.69) is 5.32 Å². The molecule has 0 aliphatic heterocycles. The van der Waals surface area contributed by atoms with Crippen LogP contribution in [0, 0.1) is 13.8 Å². The first-order valence-electron chi connectivity index (χ1n) is 10.4. The van der Waals surface area contributed by atoms with Crippen LogP contribution in [0.3, 0.4) is 0 Å². The summed E-state index contributed by atoms with van der Waals surface area (Å²) in [4.78, 5) is 13.1. The maximum absolute atomic E-state index is 13.5. The highest BCUT2D eigenvalue weighted by Gasteiger charge is 2.27. The molecule has 0 aromatic heterocycles. The third kappa shape index (κ3) is 5.29. The monoisotopic (exact) mass is 452 g/mol. The molecular weight excluding hydrogens is 424 g/mol. The quantitative estimate of drug-likeness (QED) is 0.537. The molecule has 0 heterocycles. The van der Waals surface area contributed by atoms with Gasteiger partial charge < -0.3 is 10.1 Å². The number of ether oxygens (including phenoxy) is 1. The summed E-state index contributed by atoms with van der Waals surface area (Å²) in [5, 5.41) is 2.79. The summed E-state index contributed by atoms with van der Waals surface area (Å²) in [5.41, 5.74) is 3.89. The second-order valence-corrected chi connectivity index (χ2v) is 9.46. The van der Waals surface area contributed by atoms with E-state index in [1.165, 1.54) is 7.11 Å². The van der Waals surface area contributed by atoms with Gasteiger partial charge in [0.1, 0.15) is 12.3 Å². The SMILES string of the molecule is CCc1ccc(N(CC(=O)Nc2cc(C)ccc2OC)S(=O)(=O)c2ccc(C)cc2)cc1. The van der Waals surface area contributed by atoms with Crippen LogP contribution in [0.5, 0.6) is 5.75 Å². The summed E-state index contributed by atoms with van der Waals surface area (Å²) in [5.74, 6) is 0.0355. The number of amides is 1. The number of hydrogen-bond acceptors (Lipinski definition) is 4. The Kier molecular flexibility index (Phi) is 7.20. The van der Waals surface area contributed by atoms with Crippen molar-refractivity contribution in [3.63, 3.8) is 0 Å². The lowest BCUT2D eigenvalue weighted by Crippen LogP contribution is -2.38. The molecule has 3 rings (SSSR count). The Morgan fingerprint density at radius 3 is 2.16 bits per heavy atom. The second kappa shape index (κ2) is 9.87. The van der Waals surface area contributed by atoms with E-state index in [9.17, 15) is 13.2 Å². The van der Waals surface area contributed by atoms with Gasteiger partial charge in [-0.2, -0.15) is 0 Å². The molecule has 32 heavy (non-hydrogen) atoms. The number of anilines is 2. The topological polar surface area (TPSA) is 75.7 Å². The number of carbonyl (C=O) groups is 1. The summed E-state index contributed by atoms with van der Waals surface area (Å²) >= 11 is 0. The fourth-order valence-corrected chi connectivity index (χ4v) is 4.71.